The topological polar surface area (TPSA) is 121 Å². The normalized spacial score (nSPS) is 20.0. The van der Waals surface area contributed by atoms with Crippen LogP contribution in [0.2, 0.25) is 5.02 Å². The van der Waals surface area contributed by atoms with Crippen molar-refractivity contribution in [3.8, 4) is 0 Å². The van der Waals surface area contributed by atoms with Crippen molar-refractivity contribution in [3.05, 3.63) is 82.4 Å². The highest BCUT2D eigenvalue weighted by Gasteiger charge is 2.42. The maximum absolute atomic E-state index is 12.1. The summed E-state index contributed by atoms with van der Waals surface area (Å²) < 4.78 is 5.94. The predicted octanol–water partition coefficient (Wildman–Crippen LogP) is 5.16. The number of anilines is 3. The molecule has 3 aliphatic rings. The Morgan fingerprint density at radius 3 is 2.47 bits per heavy atom. The molecule has 4 heterocycles. The number of hydrogen-bond donors (Lipinski definition) is 3. The molecule has 9 nitrogen and oxygen atoms in total. The van der Waals surface area contributed by atoms with Gasteiger partial charge in [-0.1, -0.05) is 48.9 Å². The fourth-order valence-electron chi connectivity index (χ4n) is 6.42. The molecule has 234 valence electrons. The second kappa shape index (κ2) is 13.2. The number of carbonyl (C=O) groups is 3. The minimum atomic E-state index is -0.582. The monoisotopic (exact) mass is 644 g/mol. The van der Waals surface area contributed by atoms with Gasteiger partial charge in [-0.15, -0.1) is 0 Å². The molecule has 1 atom stereocenters. The number of nitrogen functional groups attached to an aromatic ring is 1. The van der Waals surface area contributed by atoms with Crippen molar-refractivity contribution in [1.82, 2.24) is 14.6 Å². The Morgan fingerprint density at radius 2 is 1.73 bits per heavy atom. The first-order valence-electron chi connectivity index (χ1n) is 15.4. The van der Waals surface area contributed by atoms with Crippen LogP contribution in [0.5, 0.6) is 0 Å². The third-order valence-electron chi connectivity index (χ3n) is 9.16. The van der Waals surface area contributed by atoms with Gasteiger partial charge in [-0.2, -0.15) is 4.37 Å². The molecular formula is C34H37ClN6O3S. The van der Waals surface area contributed by atoms with E-state index in [1.165, 1.54) is 10.1 Å². The van der Waals surface area contributed by atoms with Crippen LogP contribution in [-0.4, -0.2) is 59.7 Å². The highest BCUT2D eigenvalue weighted by molar-refractivity contribution is 7.13. The quantitative estimate of drug-likeness (QED) is 0.196. The van der Waals surface area contributed by atoms with E-state index in [0.29, 0.717) is 31.4 Å². The summed E-state index contributed by atoms with van der Waals surface area (Å²) >= 11 is 8.01. The number of halogens is 1. The molecule has 2 fully saturated rings. The zero-order chi connectivity index (χ0) is 31.6. The number of nitrogens with two attached hydrogens (primary N) is 1. The van der Waals surface area contributed by atoms with Crippen LogP contribution in [0.3, 0.4) is 0 Å². The summed E-state index contributed by atoms with van der Waals surface area (Å²) in [6, 6.07) is 19.7. The first-order chi connectivity index (χ1) is 21.8. The van der Waals surface area contributed by atoms with Crippen LogP contribution >= 0.6 is 23.1 Å². The lowest BCUT2D eigenvalue weighted by Crippen LogP contribution is -2.51. The van der Waals surface area contributed by atoms with E-state index in [1.807, 2.05) is 25.1 Å². The van der Waals surface area contributed by atoms with Crippen LogP contribution in [0.25, 0.3) is 10.1 Å². The predicted molar refractivity (Wildman–Crippen MR) is 181 cm³/mol. The number of aromatic nitrogens is 1. The number of amides is 3. The molecule has 3 amide bonds. The Morgan fingerprint density at radius 1 is 0.978 bits per heavy atom. The van der Waals surface area contributed by atoms with E-state index in [-0.39, 0.29) is 17.7 Å². The zero-order valence-electron chi connectivity index (χ0n) is 25.3. The van der Waals surface area contributed by atoms with Gasteiger partial charge < -0.3 is 16.0 Å². The number of piperidine rings is 1. The minimum Gasteiger partial charge on any atom is -0.399 e. The molecule has 4 aromatic rings. The number of imide groups is 1. The molecule has 1 unspecified atom stereocenters. The van der Waals surface area contributed by atoms with Crippen LogP contribution in [0.1, 0.15) is 42.9 Å². The lowest BCUT2D eigenvalue weighted by atomic mass is 9.72. The van der Waals surface area contributed by atoms with Crippen molar-refractivity contribution in [3.63, 3.8) is 0 Å². The number of nitrogens with zero attached hydrogens (tertiary/aromatic N) is 3. The molecular weight excluding hydrogens is 608 g/mol. The highest BCUT2D eigenvalue weighted by Crippen LogP contribution is 2.36. The molecule has 0 aliphatic carbocycles. The second-order valence-corrected chi connectivity index (χ2v) is 13.1. The van der Waals surface area contributed by atoms with Gasteiger partial charge in [0, 0.05) is 60.9 Å². The molecule has 0 bridgehead atoms. The number of piperazine rings is 1. The van der Waals surface area contributed by atoms with E-state index in [0.717, 1.165) is 72.4 Å². The van der Waals surface area contributed by atoms with Crippen LogP contribution in [0.15, 0.2) is 60.7 Å². The number of rotatable bonds is 6. The van der Waals surface area contributed by atoms with E-state index in [9.17, 15) is 14.4 Å². The maximum Gasteiger partial charge on any atom is 0.237 e. The van der Waals surface area contributed by atoms with Gasteiger partial charge in [0.25, 0.3) is 0 Å². The van der Waals surface area contributed by atoms with E-state index >= 15 is 0 Å². The van der Waals surface area contributed by atoms with Crippen molar-refractivity contribution >= 4 is 68.1 Å². The SMILES string of the molecule is CCC1(c2ccc(N)cc2)CCC(=O)NC1=O.O=C1Cc2cc(CCN3CCN(c4nsc5ccccc45)CC3)c(Cl)cc2N1. The standard InChI is InChI=1S/C21H21ClN4OS.C13H16N2O2/c22-17-13-18-15(12-20(27)23-18)11-14(17)5-6-25-7-9-26(10-8-25)21-16-3-1-2-4-19(16)28-24-21;1-2-13(8-7-11(16)15-12(13)17)9-3-5-10(14)6-4-9/h1-4,11,13H,5-10,12H2,(H,23,27);3-6H,2,7-8,14H2,1H3,(H,15,16,17). The third-order valence-corrected chi connectivity index (χ3v) is 10.3. The molecule has 4 N–H and O–H groups in total. The average Bonchev–Trinajstić information content (AvgIpc) is 3.64. The Bertz CT molecular complexity index is 1730. The van der Waals surface area contributed by atoms with Gasteiger partial charge in [0.1, 0.15) is 5.82 Å². The van der Waals surface area contributed by atoms with E-state index in [4.69, 9.17) is 17.3 Å². The number of hydrogen-bond acceptors (Lipinski definition) is 8. The van der Waals surface area contributed by atoms with Gasteiger partial charge >= 0.3 is 0 Å². The van der Waals surface area contributed by atoms with Gasteiger partial charge in [0.05, 0.1) is 16.5 Å². The summed E-state index contributed by atoms with van der Waals surface area (Å²) in [5, 5.41) is 7.28. The maximum atomic E-state index is 12.1. The van der Waals surface area contributed by atoms with Gasteiger partial charge in [-0.25, -0.2) is 0 Å². The fourth-order valence-corrected chi connectivity index (χ4v) is 7.48. The van der Waals surface area contributed by atoms with Crippen molar-refractivity contribution in [2.24, 2.45) is 0 Å². The lowest BCUT2D eigenvalue weighted by molar-refractivity contribution is -0.138. The largest absolute Gasteiger partial charge is 0.399 e. The molecule has 45 heavy (non-hydrogen) atoms. The molecule has 3 aromatic carbocycles. The number of benzene rings is 3. The first-order valence-corrected chi connectivity index (χ1v) is 16.5. The molecule has 0 saturated carbocycles. The summed E-state index contributed by atoms with van der Waals surface area (Å²) in [6.07, 6.45) is 3.00. The van der Waals surface area contributed by atoms with E-state index < -0.39 is 5.41 Å². The Balaban J connectivity index is 0.000000180. The second-order valence-electron chi connectivity index (χ2n) is 11.8. The van der Waals surface area contributed by atoms with Crippen LogP contribution in [0.4, 0.5) is 17.2 Å². The van der Waals surface area contributed by atoms with Gasteiger partial charge in [-0.3, -0.25) is 24.6 Å². The van der Waals surface area contributed by atoms with E-state index in [1.54, 1.807) is 23.7 Å². The van der Waals surface area contributed by atoms with E-state index in [2.05, 4.69) is 55.1 Å². The lowest BCUT2D eigenvalue weighted by Gasteiger charge is -2.35. The van der Waals surface area contributed by atoms with Crippen LogP contribution in [0, 0.1) is 0 Å². The Kier molecular flexibility index (Phi) is 9.07. The van der Waals surface area contributed by atoms with Crippen molar-refractivity contribution in [1.29, 1.82) is 0 Å². The first kappa shape index (κ1) is 31.0. The molecule has 2 saturated heterocycles. The van der Waals surface area contributed by atoms with Crippen LogP contribution in [-0.2, 0) is 32.6 Å². The smallest absolute Gasteiger partial charge is 0.237 e. The average molecular weight is 645 g/mol. The van der Waals surface area contributed by atoms with Crippen molar-refractivity contribution in [2.75, 3.05) is 48.7 Å². The summed E-state index contributed by atoms with van der Waals surface area (Å²) in [5.41, 5.74) is 9.72. The van der Waals surface area contributed by atoms with Gasteiger partial charge in [0.2, 0.25) is 17.7 Å². The molecule has 7 rings (SSSR count). The third kappa shape index (κ3) is 6.54. The molecule has 11 heteroatoms. The highest BCUT2D eigenvalue weighted by atomic mass is 35.5. The molecule has 0 radical (unpaired) electrons. The van der Waals surface area contributed by atoms with Crippen molar-refractivity contribution in [2.45, 2.75) is 44.4 Å². The molecule has 3 aliphatic heterocycles. The minimum absolute atomic E-state index is 0.0499. The van der Waals surface area contributed by atoms with Crippen molar-refractivity contribution < 1.29 is 14.4 Å². The number of carbonyl (C=O) groups excluding carboxylic acids is 3. The Labute approximate surface area is 271 Å². The summed E-state index contributed by atoms with van der Waals surface area (Å²) in [4.78, 5) is 39.7. The van der Waals surface area contributed by atoms with Gasteiger partial charge in [-0.05, 0) is 77.8 Å². The summed E-state index contributed by atoms with van der Waals surface area (Å²) in [7, 11) is 0. The van der Waals surface area contributed by atoms with Crippen LogP contribution < -0.4 is 21.3 Å². The zero-order valence-corrected chi connectivity index (χ0v) is 26.8. The summed E-state index contributed by atoms with van der Waals surface area (Å²) in [6.45, 7) is 6.97. The fraction of sp³-hybridized carbons (Fsp3) is 0.353. The van der Waals surface area contributed by atoms with Gasteiger partial charge in [0.15, 0.2) is 0 Å². The Hall–Kier alpha value is -3.99. The number of nitrogens with one attached hydrogen (secondary N) is 2. The molecule has 0 spiro atoms. The summed E-state index contributed by atoms with van der Waals surface area (Å²) in [5.74, 6) is 0.795. The molecule has 1 aromatic heterocycles. The number of fused-ring (bicyclic) bond motifs is 2.